The molecular weight excluding hydrogens is 612 g/mol. The Bertz CT molecular complexity index is 1610. The third kappa shape index (κ3) is 8.48. The molecule has 5 rings (SSSR count). The normalized spacial score (nSPS) is 25.8. The first kappa shape index (κ1) is 33.5. The van der Waals surface area contributed by atoms with E-state index in [4.69, 9.17) is 18.9 Å². The van der Waals surface area contributed by atoms with Gasteiger partial charge in [-0.3, -0.25) is 0 Å². The van der Waals surface area contributed by atoms with Crippen LogP contribution in [-0.2, 0) is 35.0 Å². The monoisotopic (exact) mass is 648 g/mol. The number of carbonyl (C=O) groups excluding carboxylic acids is 2. The molecule has 1 heterocycles. The number of aromatic hydroxyl groups is 4. The molecular formula is C35H36O12. The number of benzene rings is 3. The average Bonchev–Trinajstić information content (AvgIpc) is 3.02. The summed E-state index contributed by atoms with van der Waals surface area (Å²) in [7, 11) is 0. The number of aliphatic hydroxyl groups is 2. The molecule has 0 spiro atoms. The van der Waals surface area contributed by atoms with Crippen LogP contribution < -0.4 is 0 Å². The Balaban J connectivity index is 1.30. The number of rotatable bonds is 9. The molecule has 3 aromatic rings. The van der Waals surface area contributed by atoms with Crippen molar-refractivity contribution in [2.75, 3.05) is 6.61 Å². The Morgan fingerprint density at radius 1 is 0.830 bits per heavy atom. The highest BCUT2D eigenvalue weighted by molar-refractivity contribution is 5.87. The van der Waals surface area contributed by atoms with Gasteiger partial charge in [-0.05, 0) is 77.9 Å². The zero-order chi connectivity index (χ0) is 33.7. The molecule has 1 saturated heterocycles. The summed E-state index contributed by atoms with van der Waals surface area (Å²) in [5, 5.41) is 61.4. The van der Waals surface area contributed by atoms with E-state index in [0.717, 1.165) is 12.2 Å². The molecule has 0 amide bonds. The maximum Gasteiger partial charge on any atom is 0.331 e. The summed E-state index contributed by atoms with van der Waals surface area (Å²) in [6, 6.07) is 14.9. The molecule has 3 aromatic carbocycles. The fourth-order valence-electron chi connectivity index (χ4n) is 5.74. The van der Waals surface area contributed by atoms with Crippen molar-refractivity contribution < 1.29 is 59.2 Å². The van der Waals surface area contributed by atoms with Crippen LogP contribution >= 0.6 is 0 Å². The molecule has 7 atom stereocenters. The zero-order valence-corrected chi connectivity index (χ0v) is 25.4. The van der Waals surface area contributed by atoms with Crippen molar-refractivity contribution in [1.82, 2.24) is 0 Å². The van der Waals surface area contributed by atoms with E-state index < -0.39 is 55.4 Å². The van der Waals surface area contributed by atoms with E-state index in [2.05, 4.69) is 0 Å². The Hall–Kier alpha value is -4.88. The zero-order valence-electron chi connectivity index (χ0n) is 25.4. The Morgan fingerprint density at radius 3 is 2.04 bits per heavy atom. The molecule has 47 heavy (non-hydrogen) atoms. The van der Waals surface area contributed by atoms with E-state index in [-0.39, 0.29) is 35.3 Å². The number of hydrogen-bond acceptors (Lipinski definition) is 12. The van der Waals surface area contributed by atoms with Crippen LogP contribution in [0.2, 0.25) is 0 Å². The molecule has 0 radical (unpaired) electrons. The van der Waals surface area contributed by atoms with Crippen LogP contribution in [0.15, 0.2) is 72.8 Å². The second-order valence-electron chi connectivity index (χ2n) is 11.5. The third-order valence-electron chi connectivity index (χ3n) is 8.00. The fraction of sp³-hybridized carbons (Fsp3) is 0.314. The minimum atomic E-state index is -1.70. The molecule has 0 saturated carbocycles. The fourth-order valence-corrected chi connectivity index (χ4v) is 5.74. The van der Waals surface area contributed by atoms with Gasteiger partial charge in [0, 0.05) is 23.8 Å². The Morgan fingerprint density at radius 2 is 1.43 bits per heavy atom. The predicted molar refractivity (Wildman–Crippen MR) is 167 cm³/mol. The first-order chi connectivity index (χ1) is 22.5. The van der Waals surface area contributed by atoms with Crippen molar-refractivity contribution in [3.05, 3.63) is 95.1 Å². The molecule has 6 N–H and O–H groups in total. The van der Waals surface area contributed by atoms with Gasteiger partial charge in [0.15, 0.2) is 12.4 Å². The molecule has 12 heteroatoms. The number of hydrogen-bond donors (Lipinski definition) is 6. The highest BCUT2D eigenvalue weighted by Gasteiger charge is 2.48. The van der Waals surface area contributed by atoms with Crippen LogP contribution in [0.1, 0.15) is 41.5 Å². The summed E-state index contributed by atoms with van der Waals surface area (Å²) in [4.78, 5) is 25.3. The lowest BCUT2D eigenvalue weighted by Gasteiger charge is -2.43. The van der Waals surface area contributed by atoms with Crippen LogP contribution in [0.25, 0.3) is 12.2 Å². The second kappa shape index (κ2) is 14.7. The summed E-state index contributed by atoms with van der Waals surface area (Å²) in [6.45, 7) is 1.40. The van der Waals surface area contributed by atoms with E-state index >= 15 is 0 Å². The van der Waals surface area contributed by atoms with Gasteiger partial charge in [0.25, 0.3) is 0 Å². The van der Waals surface area contributed by atoms with E-state index in [9.17, 15) is 40.2 Å². The van der Waals surface area contributed by atoms with Gasteiger partial charge in [0.05, 0.1) is 6.10 Å². The van der Waals surface area contributed by atoms with Crippen LogP contribution in [0.3, 0.4) is 0 Å². The number of esters is 2. The number of phenolic OH excluding ortho intramolecular Hbond substituents is 4. The summed E-state index contributed by atoms with van der Waals surface area (Å²) in [6.07, 6.45) is -2.18. The summed E-state index contributed by atoms with van der Waals surface area (Å²) in [5.41, 5.74) is 2.56. The molecule has 2 aliphatic rings. The smallest absolute Gasteiger partial charge is 0.331 e. The van der Waals surface area contributed by atoms with Gasteiger partial charge in [-0.25, -0.2) is 9.59 Å². The van der Waals surface area contributed by atoms with E-state index in [1.54, 1.807) is 24.3 Å². The van der Waals surface area contributed by atoms with E-state index in [0.29, 0.717) is 28.7 Å². The number of carbonyl (C=O) groups is 2. The van der Waals surface area contributed by atoms with Gasteiger partial charge in [-0.1, -0.05) is 31.2 Å². The standard InChI is InChI=1S/C35H36O12/c1-19-14-26(16-22-15-25(38)17-27(39)31(19)22)45-35-33(43)32(42)34(47-30(41)13-7-21-4-10-24(37)11-5-21)28(46-35)18-44-29(40)12-6-20-2-8-23(36)9-3-20/h2-13,15,17,19,26,28,32-39,42-43H,14,16,18H2,1H3/b12-6+,13-7+/t19-,26-,28-,32-,33-,34-,35-/m1/s1. The van der Waals surface area contributed by atoms with Gasteiger partial charge >= 0.3 is 11.9 Å². The van der Waals surface area contributed by atoms with Crippen molar-refractivity contribution >= 4 is 24.1 Å². The Kier molecular flexibility index (Phi) is 10.5. The number of ether oxygens (including phenoxy) is 4. The van der Waals surface area contributed by atoms with Crippen LogP contribution in [0, 0.1) is 0 Å². The Labute approximate surface area is 270 Å². The highest BCUT2D eigenvalue weighted by Crippen LogP contribution is 2.41. The minimum absolute atomic E-state index is 0.0271. The highest BCUT2D eigenvalue weighted by atomic mass is 16.7. The van der Waals surface area contributed by atoms with E-state index in [1.165, 1.54) is 48.6 Å². The SMILES string of the molecule is C[C@@H]1C[C@@H](O[C@@H]2O[C@H](COC(=O)/C=C/c3ccc(O)cc3)[C@@H](OC(=O)/C=C/c3ccc(O)cc3)[C@H](O)[C@H]2O)Cc2cc(O)cc(O)c21. The van der Waals surface area contributed by atoms with Crippen LogP contribution in [-0.4, -0.2) is 86.0 Å². The van der Waals surface area contributed by atoms with Gasteiger partial charge in [-0.2, -0.15) is 0 Å². The van der Waals surface area contributed by atoms with Gasteiger partial charge < -0.3 is 49.6 Å². The van der Waals surface area contributed by atoms with Crippen molar-refractivity contribution in [3.63, 3.8) is 0 Å². The molecule has 0 unspecified atom stereocenters. The van der Waals surface area contributed by atoms with Crippen LogP contribution in [0.5, 0.6) is 23.0 Å². The summed E-state index contributed by atoms with van der Waals surface area (Å²) in [5.74, 6) is -1.83. The van der Waals surface area contributed by atoms with Crippen molar-refractivity contribution in [2.24, 2.45) is 0 Å². The minimum Gasteiger partial charge on any atom is -0.508 e. The molecule has 1 aliphatic carbocycles. The summed E-state index contributed by atoms with van der Waals surface area (Å²) < 4.78 is 22.9. The quantitative estimate of drug-likeness (QED) is 0.147. The van der Waals surface area contributed by atoms with E-state index in [1.807, 2.05) is 6.92 Å². The van der Waals surface area contributed by atoms with Crippen molar-refractivity contribution in [1.29, 1.82) is 0 Å². The van der Waals surface area contributed by atoms with Gasteiger partial charge in [0.2, 0.25) is 0 Å². The lowest BCUT2D eigenvalue weighted by atomic mass is 9.81. The summed E-state index contributed by atoms with van der Waals surface area (Å²) >= 11 is 0. The van der Waals surface area contributed by atoms with Crippen molar-refractivity contribution in [3.8, 4) is 23.0 Å². The first-order valence-electron chi connectivity index (χ1n) is 15.0. The first-order valence-corrected chi connectivity index (χ1v) is 15.0. The lowest BCUT2D eigenvalue weighted by molar-refractivity contribution is -0.313. The molecule has 248 valence electrons. The third-order valence-corrected chi connectivity index (χ3v) is 8.00. The number of fused-ring (bicyclic) bond motifs is 1. The molecule has 0 aromatic heterocycles. The maximum absolute atomic E-state index is 12.8. The van der Waals surface area contributed by atoms with Gasteiger partial charge in [0.1, 0.15) is 47.9 Å². The number of aliphatic hydroxyl groups excluding tert-OH is 2. The largest absolute Gasteiger partial charge is 0.508 e. The van der Waals surface area contributed by atoms with Crippen molar-refractivity contribution in [2.45, 2.75) is 62.5 Å². The average molecular weight is 649 g/mol. The second-order valence-corrected chi connectivity index (χ2v) is 11.5. The molecule has 1 fully saturated rings. The topological polar surface area (TPSA) is 192 Å². The van der Waals surface area contributed by atoms with Crippen LogP contribution in [0.4, 0.5) is 0 Å². The molecule has 0 bridgehead atoms. The molecule has 12 nitrogen and oxygen atoms in total. The maximum atomic E-state index is 12.8. The lowest BCUT2D eigenvalue weighted by Crippen LogP contribution is -2.61. The number of phenols is 4. The predicted octanol–water partition coefficient (Wildman–Crippen LogP) is 3.27. The molecule has 1 aliphatic heterocycles. The van der Waals surface area contributed by atoms with Gasteiger partial charge in [-0.15, -0.1) is 0 Å².